The quantitative estimate of drug-likeness (QED) is 0.326. The van der Waals surface area contributed by atoms with E-state index in [4.69, 9.17) is 4.74 Å². The van der Waals surface area contributed by atoms with Crippen molar-refractivity contribution in [1.29, 1.82) is 0 Å². The number of ether oxygens (including phenoxy) is 1. The number of carbonyl (C=O) groups is 1. The third-order valence-electron chi connectivity index (χ3n) is 4.24. The van der Waals surface area contributed by atoms with Crippen molar-refractivity contribution in [2.24, 2.45) is 0 Å². The third kappa shape index (κ3) is 4.72. The molecule has 0 radical (unpaired) electrons. The Bertz CT molecular complexity index is 1070. The zero-order valence-electron chi connectivity index (χ0n) is 16.2. The summed E-state index contributed by atoms with van der Waals surface area (Å²) in [6.07, 6.45) is 3.20. The van der Waals surface area contributed by atoms with E-state index in [1.165, 1.54) is 34.7 Å². The van der Waals surface area contributed by atoms with Crippen LogP contribution in [-0.2, 0) is 0 Å². The van der Waals surface area contributed by atoms with Crippen molar-refractivity contribution in [2.45, 2.75) is 23.6 Å². The number of hydrogen-bond acceptors (Lipinski definition) is 6. The number of carbonyl (C=O) groups excluding carboxylic acids is 1. The standard InChI is InChI=1S/C21H19N3O4S/c1-14-21(29-19-11-7-17(8-12-19)24(26)27)15(2)23(22-14)20(25)13-6-16-4-9-18(28-3)10-5-16/h4-13H,1-3H3/b13-6+. The number of nitro groups is 1. The zero-order valence-corrected chi connectivity index (χ0v) is 17.0. The highest BCUT2D eigenvalue weighted by molar-refractivity contribution is 7.99. The summed E-state index contributed by atoms with van der Waals surface area (Å²) in [7, 11) is 1.60. The molecule has 0 aliphatic carbocycles. The first-order valence-electron chi connectivity index (χ1n) is 8.74. The molecule has 8 heteroatoms. The number of aromatic nitrogens is 2. The highest BCUT2D eigenvalue weighted by Crippen LogP contribution is 2.33. The molecule has 0 unspecified atom stereocenters. The van der Waals surface area contributed by atoms with Crippen LogP contribution in [0.15, 0.2) is 64.4 Å². The van der Waals surface area contributed by atoms with Crippen LogP contribution in [0.2, 0.25) is 0 Å². The van der Waals surface area contributed by atoms with Crippen LogP contribution in [-0.4, -0.2) is 27.7 Å². The Hall–Kier alpha value is -3.39. The summed E-state index contributed by atoms with van der Waals surface area (Å²) in [6.45, 7) is 3.66. The topological polar surface area (TPSA) is 87.3 Å². The van der Waals surface area contributed by atoms with Crippen molar-refractivity contribution in [2.75, 3.05) is 7.11 Å². The Labute approximate surface area is 172 Å². The predicted octanol–water partition coefficient (Wildman–Crippen LogP) is 4.92. The Morgan fingerprint density at radius 3 is 2.38 bits per heavy atom. The van der Waals surface area contributed by atoms with Gasteiger partial charge in [0, 0.05) is 23.1 Å². The van der Waals surface area contributed by atoms with Crippen LogP contribution in [0.5, 0.6) is 5.75 Å². The lowest BCUT2D eigenvalue weighted by Gasteiger charge is -2.03. The van der Waals surface area contributed by atoms with E-state index < -0.39 is 4.92 Å². The normalized spacial score (nSPS) is 11.0. The molecule has 3 aromatic rings. The monoisotopic (exact) mass is 409 g/mol. The van der Waals surface area contributed by atoms with Crippen LogP contribution < -0.4 is 4.74 Å². The average Bonchev–Trinajstić information content (AvgIpc) is 3.01. The summed E-state index contributed by atoms with van der Waals surface area (Å²) in [5.41, 5.74) is 2.35. The van der Waals surface area contributed by atoms with Gasteiger partial charge in [-0.1, -0.05) is 23.9 Å². The molecule has 0 spiro atoms. The first-order chi connectivity index (χ1) is 13.9. The third-order valence-corrected chi connectivity index (χ3v) is 5.54. The SMILES string of the molecule is COc1ccc(/C=C/C(=O)n2nc(C)c(Sc3ccc([N+](=O)[O-])cc3)c2C)cc1. The summed E-state index contributed by atoms with van der Waals surface area (Å²) in [5.74, 6) is 0.497. The molecule has 0 aliphatic heterocycles. The van der Waals surface area contributed by atoms with Gasteiger partial charge in [-0.2, -0.15) is 5.10 Å². The van der Waals surface area contributed by atoms with E-state index in [-0.39, 0.29) is 11.6 Å². The highest BCUT2D eigenvalue weighted by atomic mass is 32.2. The number of rotatable bonds is 6. The molecule has 1 aromatic heterocycles. The smallest absolute Gasteiger partial charge is 0.271 e. The second-order valence-corrected chi connectivity index (χ2v) is 7.29. The molecule has 0 aliphatic rings. The minimum Gasteiger partial charge on any atom is -0.497 e. The molecule has 7 nitrogen and oxygen atoms in total. The fraction of sp³-hybridized carbons (Fsp3) is 0.143. The van der Waals surface area contributed by atoms with Crippen LogP contribution >= 0.6 is 11.8 Å². The van der Waals surface area contributed by atoms with E-state index in [0.29, 0.717) is 0 Å². The van der Waals surface area contributed by atoms with E-state index in [9.17, 15) is 14.9 Å². The molecule has 0 saturated heterocycles. The van der Waals surface area contributed by atoms with Gasteiger partial charge in [0.2, 0.25) is 0 Å². The van der Waals surface area contributed by atoms with Crippen LogP contribution in [0, 0.1) is 24.0 Å². The van der Waals surface area contributed by atoms with Gasteiger partial charge >= 0.3 is 0 Å². The second-order valence-electron chi connectivity index (χ2n) is 6.21. The molecule has 0 bridgehead atoms. The van der Waals surface area contributed by atoms with Crippen LogP contribution in [0.25, 0.3) is 6.08 Å². The van der Waals surface area contributed by atoms with Gasteiger partial charge in [-0.25, -0.2) is 4.68 Å². The Balaban J connectivity index is 1.77. The lowest BCUT2D eigenvalue weighted by Crippen LogP contribution is -2.11. The summed E-state index contributed by atoms with van der Waals surface area (Å²) in [6, 6.07) is 13.7. The van der Waals surface area contributed by atoms with Gasteiger partial charge in [-0.05, 0) is 49.8 Å². The number of benzene rings is 2. The highest BCUT2D eigenvalue weighted by Gasteiger charge is 2.16. The maximum absolute atomic E-state index is 12.6. The van der Waals surface area contributed by atoms with Crippen molar-refractivity contribution >= 4 is 29.4 Å². The maximum Gasteiger partial charge on any atom is 0.271 e. The number of nitrogens with zero attached hydrogens (tertiary/aromatic N) is 3. The lowest BCUT2D eigenvalue weighted by molar-refractivity contribution is -0.384. The molecule has 1 heterocycles. The zero-order chi connectivity index (χ0) is 21.0. The first-order valence-corrected chi connectivity index (χ1v) is 9.55. The largest absolute Gasteiger partial charge is 0.497 e. The molecule has 0 N–H and O–H groups in total. The summed E-state index contributed by atoms with van der Waals surface area (Å²) in [5, 5.41) is 15.1. The maximum atomic E-state index is 12.6. The van der Waals surface area contributed by atoms with Crippen molar-refractivity contribution in [1.82, 2.24) is 9.78 Å². The Kier molecular flexibility index (Phi) is 6.13. The molecule has 0 saturated carbocycles. The van der Waals surface area contributed by atoms with Crippen molar-refractivity contribution in [3.8, 4) is 5.75 Å². The molecule has 3 rings (SSSR count). The second kappa shape index (κ2) is 8.74. The number of nitro benzene ring substituents is 1. The minimum absolute atomic E-state index is 0.0392. The van der Waals surface area contributed by atoms with E-state index in [2.05, 4.69) is 5.10 Å². The van der Waals surface area contributed by atoms with Gasteiger partial charge in [0.05, 0.1) is 28.3 Å². The number of methoxy groups -OCH3 is 1. The summed E-state index contributed by atoms with van der Waals surface area (Å²) >= 11 is 1.42. The molecule has 0 atom stereocenters. The van der Waals surface area contributed by atoms with Crippen LogP contribution in [0.3, 0.4) is 0 Å². The predicted molar refractivity (Wildman–Crippen MR) is 112 cm³/mol. The van der Waals surface area contributed by atoms with E-state index in [1.54, 1.807) is 25.3 Å². The van der Waals surface area contributed by atoms with Gasteiger partial charge in [0.15, 0.2) is 0 Å². The Morgan fingerprint density at radius 2 is 1.79 bits per heavy atom. The fourth-order valence-electron chi connectivity index (χ4n) is 2.70. The number of aryl methyl sites for hydroxylation is 1. The first kappa shape index (κ1) is 20.3. The molecular weight excluding hydrogens is 390 g/mol. The summed E-state index contributed by atoms with van der Waals surface area (Å²) in [4.78, 5) is 24.6. The van der Waals surface area contributed by atoms with Crippen molar-refractivity contribution < 1.29 is 14.5 Å². The number of allylic oxidation sites excluding steroid dienone is 1. The molecule has 29 heavy (non-hydrogen) atoms. The molecular formula is C21H19N3O4S. The lowest BCUT2D eigenvalue weighted by atomic mass is 10.2. The molecule has 2 aromatic carbocycles. The van der Waals surface area contributed by atoms with E-state index >= 15 is 0 Å². The van der Waals surface area contributed by atoms with Gasteiger partial charge in [-0.3, -0.25) is 14.9 Å². The summed E-state index contributed by atoms with van der Waals surface area (Å²) < 4.78 is 6.49. The van der Waals surface area contributed by atoms with Gasteiger partial charge in [-0.15, -0.1) is 0 Å². The molecule has 0 amide bonds. The van der Waals surface area contributed by atoms with Gasteiger partial charge < -0.3 is 4.74 Å². The Morgan fingerprint density at radius 1 is 1.14 bits per heavy atom. The van der Waals surface area contributed by atoms with Crippen molar-refractivity contribution in [3.05, 3.63) is 81.7 Å². The number of hydrogen-bond donors (Lipinski definition) is 0. The van der Waals surface area contributed by atoms with Gasteiger partial charge in [0.1, 0.15) is 5.75 Å². The minimum atomic E-state index is -0.434. The van der Waals surface area contributed by atoms with Crippen LogP contribution in [0.1, 0.15) is 21.7 Å². The number of non-ortho nitro benzene ring substituents is 1. The van der Waals surface area contributed by atoms with Crippen molar-refractivity contribution in [3.63, 3.8) is 0 Å². The molecule has 0 fully saturated rings. The fourth-order valence-corrected chi connectivity index (χ4v) is 3.63. The van der Waals surface area contributed by atoms with E-state index in [1.807, 2.05) is 38.1 Å². The average molecular weight is 409 g/mol. The van der Waals surface area contributed by atoms with Gasteiger partial charge in [0.25, 0.3) is 11.6 Å². The molecule has 148 valence electrons. The van der Waals surface area contributed by atoms with E-state index in [0.717, 1.165) is 32.5 Å². The van der Waals surface area contributed by atoms with Crippen LogP contribution in [0.4, 0.5) is 5.69 Å².